The summed E-state index contributed by atoms with van der Waals surface area (Å²) in [5, 5.41) is 13.8. The second-order valence-electron chi connectivity index (χ2n) is 9.80. The van der Waals surface area contributed by atoms with Crippen molar-refractivity contribution in [2.45, 2.75) is 48.3 Å². The number of halogens is 1. The Labute approximate surface area is 219 Å². The highest BCUT2D eigenvalue weighted by atomic mass is 35.5. The average molecular weight is 529 g/mol. The van der Waals surface area contributed by atoms with Crippen LogP contribution in [0.1, 0.15) is 38.3 Å². The van der Waals surface area contributed by atoms with Gasteiger partial charge in [-0.3, -0.25) is 14.4 Å². The minimum atomic E-state index is -0.908. The van der Waals surface area contributed by atoms with Gasteiger partial charge in [-0.05, 0) is 44.4 Å². The van der Waals surface area contributed by atoms with Crippen molar-refractivity contribution in [3.63, 3.8) is 0 Å². The first-order chi connectivity index (χ1) is 17.3. The number of nitrogens with zero attached hydrogens (tertiary/aromatic N) is 1. The zero-order valence-electron chi connectivity index (χ0n) is 20.1. The van der Waals surface area contributed by atoms with Crippen molar-refractivity contribution in [3.05, 3.63) is 65.2 Å². The van der Waals surface area contributed by atoms with Crippen molar-refractivity contribution >= 4 is 46.8 Å². The van der Waals surface area contributed by atoms with Crippen LogP contribution < -0.4 is 5.32 Å². The predicted octanol–water partition coefficient (Wildman–Crippen LogP) is 4.06. The lowest BCUT2D eigenvalue weighted by Gasteiger charge is -2.37. The summed E-state index contributed by atoms with van der Waals surface area (Å²) in [4.78, 5) is 43.0. The molecule has 3 heterocycles. The van der Waals surface area contributed by atoms with Crippen LogP contribution in [-0.2, 0) is 19.1 Å². The number of likely N-dealkylation sites (tertiary alicyclic amines) is 1. The molecule has 2 bridgehead atoms. The van der Waals surface area contributed by atoms with Gasteiger partial charge in [-0.2, -0.15) is 0 Å². The van der Waals surface area contributed by atoms with Crippen LogP contribution in [0.2, 0.25) is 5.02 Å². The maximum Gasteiger partial charge on any atom is 0.311 e. The van der Waals surface area contributed by atoms with E-state index in [0.717, 1.165) is 5.56 Å². The number of amides is 2. The lowest BCUT2D eigenvalue weighted by Crippen LogP contribution is -2.52. The van der Waals surface area contributed by atoms with Crippen molar-refractivity contribution in [2.75, 3.05) is 18.5 Å². The van der Waals surface area contributed by atoms with E-state index in [1.165, 1.54) is 4.90 Å². The molecule has 2 unspecified atom stereocenters. The number of anilines is 1. The number of benzene rings is 2. The predicted molar refractivity (Wildman–Crippen MR) is 139 cm³/mol. The van der Waals surface area contributed by atoms with Crippen molar-refractivity contribution in [1.82, 2.24) is 4.90 Å². The van der Waals surface area contributed by atoms with Gasteiger partial charge in [0.2, 0.25) is 11.8 Å². The van der Waals surface area contributed by atoms with Crippen LogP contribution in [-0.4, -0.2) is 56.5 Å². The molecule has 9 heteroatoms. The number of carbonyl (C=O) groups excluding carboxylic acids is 3. The highest BCUT2D eigenvalue weighted by Gasteiger charge is 2.78. The number of fused-ring (bicyclic) bond motifs is 1. The maximum atomic E-state index is 14.2. The lowest BCUT2D eigenvalue weighted by atomic mass is 9.66. The van der Waals surface area contributed by atoms with Gasteiger partial charge in [-0.1, -0.05) is 54.1 Å². The summed E-state index contributed by atoms with van der Waals surface area (Å²) in [7, 11) is 0. The third-order valence-electron chi connectivity index (χ3n) is 7.83. The van der Waals surface area contributed by atoms with E-state index in [1.54, 1.807) is 43.0 Å². The minimum Gasteiger partial charge on any atom is -0.466 e. The van der Waals surface area contributed by atoms with E-state index in [4.69, 9.17) is 16.3 Å². The van der Waals surface area contributed by atoms with Crippen molar-refractivity contribution < 1.29 is 24.2 Å². The Kier molecular flexibility index (Phi) is 6.55. The molecule has 2 aromatic carbocycles. The smallest absolute Gasteiger partial charge is 0.311 e. The van der Waals surface area contributed by atoms with E-state index in [1.807, 2.05) is 37.3 Å². The number of para-hydroxylation sites is 1. The fourth-order valence-corrected chi connectivity index (χ4v) is 8.90. The largest absolute Gasteiger partial charge is 0.466 e. The van der Waals surface area contributed by atoms with E-state index >= 15 is 0 Å². The number of thioether (sulfide) groups is 1. The van der Waals surface area contributed by atoms with E-state index < -0.39 is 39.4 Å². The Balaban J connectivity index is 1.62. The number of rotatable bonds is 7. The molecule has 0 saturated carbocycles. The van der Waals surface area contributed by atoms with Gasteiger partial charge in [0, 0.05) is 4.75 Å². The van der Waals surface area contributed by atoms with Gasteiger partial charge < -0.3 is 20.1 Å². The van der Waals surface area contributed by atoms with Crippen LogP contribution in [0, 0.1) is 11.8 Å². The molecule has 3 aliphatic rings. The standard InChI is InChI=1S/C27H29ClN2O5S/c1-3-35-25(34)21-20-24(33)30(19(15-31)16-9-5-4-6-10-16)22(27(20)14-13-26(21,2)36-27)23(32)29-18-12-8-7-11-17(18)28/h4-12,19-22,31H,3,13-15H2,1-2H3,(H,29,32)/t19-,20+,21-,22?,26+,27?/m1/s1. The van der Waals surface area contributed by atoms with Crippen LogP contribution in [0.5, 0.6) is 0 Å². The molecule has 2 amide bonds. The zero-order chi connectivity index (χ0) is 25.7. The lowest BCUT2D eigenvalue weighted by molar-refractivity contribution is -0.155. The Morgan fingerprint density at radius 1 is 1.19 bits per heavy atom. The minimum absolute atomic E-state index is 0.216. The summed E-state index contributed by atoms with van der Waals surface area (Å²) in [6, 6.07) is 14.5. The molecule has 190 valence electrons. The molecule has 1 spiro atoms. The molecule has 36 heavy (non-hydrogen) atoms. The molecule has 2 aromatic rings. The average Bonchev–Trinajstić information content (AvgIpc) is 3.43. The van der Waals surface area contributed by atoms with Gasteiger partial charge in [-0.15, -0.1) is 11.8 Å². The van der Waals surface area contributed by atoms with Gasteiger partial charge in [0.25, 0.3) is 0 Å². The molecule has 6 atom stereocenters. The van der Waals surface area contributed by atoms with E-state index in [-0.39, 0.29) is 25.0 Å². The summed E-state index contributed by atoms with van der Waals surface area (Å²) >= 11 is 7.89. The summed E-state index contributed by atoms with van der Waals surface area (Å²) in [5.41, 5.74) is 1.17. The SMILES string of the molecule is CCOC(=O)[C@H]1[C@H]2C(=O)N([C@H](CO)c3ccccc3)C(C(=O)Nc3ccccc3Cl)C23CC[C@]1(C)S3. The van der Waals surface area contributed by atoms with Crippen LogP contribution in [0.3, 0.4) is 0 Å². The second kappa shape index (κ2) is 9.39. The number of aliphatic hydroxyl groups is 1. The quantitative estimate of drug-likeness (QED) is 0.526. The number of hydrogen-bond donors (Lipinski definition) is 2. The van der Waals surface area contributed by atoms with E-state index in [0.29, 0.717) is 23.6 Å². The van der Waals surface area contributed by atoms with Gasteiger partial charge in [0.15, 0.2) is 0 Å². The molecule has 5 rings (SSSR count). The molecule has 3 aliphatic heterocycles. The topological polar surface area (TPSA) is 95.9 Å². The molecule has 0 radical (unpaired) electrons. The van der Waals surface area contributed by atoms with Crippen molar-refractivity contribution in [1.29, 1.82) is 0 Å². The van der Waals surface area contributed by atoms with Gasteiger partial charge >= 0.3 is 5.97 Å². The highest BCUT2D eigenvalue weighted by Crippen LogP contribution is 2.72. The summed E-state index contributed by atoms with van der Waals surface area (Å²) in [6.07, 6.45) is 1.29. The Hall–Kier alpha value is -2.55. The summed E-state index contributed by atoms with van der Waals surface area (Å²) in [6.45, 7) is 3.59. The molecule has 3 fully saturated rings. The number of hydrogen-bond acceptors (Lipinski definition) is 6. The second-order valence-corrected chi connectivity index (χ2v) is 12.1. The number of esters is 1. The third kappa shape index (κ3) is 3.73. The number of aliphatic hydroxyl groups excluding tert-OH is 1. The molecular formula is C27H29ClN2O5S. The fourth-order valence-electron chi connectivity index (χ4n) is 6.38. The van der Waals surface area contributed by atoms with Gasteiger partial charge in [-0.25, -0.2) is 0 Å². The molecule has 3 saturated heterocycles. The molecule has 0 aliphatic carbocycles. The fraction of sp³-hybridized carbons (Fsp3) is 0.444. The first-order valence-corrected chi connectivity index (χ1v) is 13.4. The van der Waals surface area contributed by atoms with Crippen LogP contribution in [0.25, 0.3) is 0 Å². The first-order valence-electron chi connectivity index (χ1n) is 12.2. The molecule has 2 N–H and O–H groups in total. The van der Waals surface area contributed by atoms with Crippen LogP contribution in [0.15, 0.2) is 54.6 Å². The van der Waals surface area contributed by atoms with Gasteiger partial charge in [0.1, 0.15) is 6.04 Å². The zero-order valence-corrected chi connectivity index (χ0v) is 21.7. The highest BCUT2D eigenvalue weighted by molar-refractivity contribution is 8.02. The monoisotopic (exact) mass is 528 g/mol. The molecule has 7 nitrogen and oxygen atoms in total. The number of carbonyl (C=O) groups is 3. The maximum absolute atomic E-state index is 14.2. The summed E-state index contributed by atoms with van der Waals surface area (Å²) < 4.78 is 4.09. The molecule has 0 aromatic heterocycles. The number of nitrogens with one attached hydrogen (secondary N) is 1. The van der Waals surface area contributed by atoms with E-state index in [2.05, 4.69) is 5.32 Å². The Bertz CT molecular complexity index is 1200. The Morgan fingerprint density at radius 2 is 1.89 bits per heavy atom. The Morgan fingerprint density at radius 3 is 2.56 bits per heavy atom. The van der Waals surface area contributed by atoms with Gasteiger partial charge in [0.05, 0.1) is 46.5 Å². The van der Waals surface area contributed by atoms with Crippen LogP contribution in [0.4, 0.5) is 5.69 Å². The third-order valence-corrected chi connectivity index (χ3v) is 10.1. The van der Waals surface area contributed by atoms with E-state index in [9.17, 15) is 19.5 Å². The molecular weight excluding hydrogens is 500 g/mol. The van der Waals surface area contributed by atoms with Crippen molar-refractivity contribution in [3.8, 4) is 0 Å². The first kappa shape index (κ1) is 25.1. The summed E-state index contributed by atoms with van der Waals surface area (Å²) in [5.74, 6) is -2.47. The normalized spacial score (nSPS) is 31.3. The van der Waals surface area contributed by atoms with Crippen LogP contribution >= 0.6 is 23.4 Å². The number of ether oxygens (including phenoxy) is 1. The van der Waals surface area contributed by atoms with Crippen molar-refractivity contribution in [2.24, 2.45) is 11.8 Å².